The quantitative estimate of drug-likeness (QED) is 0.800. The van der Waals surface area contributed by atoms with E-state index >= 15 is 0 Å². The normalized spacial score (nSPS) is 24.8. The van der Waals surface area contributed by atoms with E-state index in [1.165, 1.54) is 19.3 Å². The molecule has 1 fully saturated rings. The van der Waals surface area contributed by atoms with E-state index in [4.69, 9.17) is 5.73 Å². The first-order valence-corrected chi connectivity index (χ1v) is 7.51. The van der Waals surface area contributed by atoms with Crippen molar-refractivity contribution in [3.8, 4) is 0 Å². The van der Waals surface area contributed by atoms with E-state index < -0.39 is 0 Å². The molecule has 2 atom stereocenters. The van der Waals surface area contributed by atoms with Crippen molar-refractivity contribution >= 4 is 5.91 Å². The van der Waals surface area contributed by atoms with Gasteiger partial charge in [0.05, 0.1) is 0 Å². The molecular formula is C16H26N2O. The van der Waals surface area contributed by atoms with Crippen LogP contribution in [0.1, 0.15) is 46.0 Å². The van der Waals surface area contributed by atoms with Crippen molar-refractivity contribution in [2.45, 2.75) is 58.0 Å². The summed E-state index contributed by atoms with van der Waals surface area (Å²) in [7, 11) is 0. The van der Waals surface area contributed by atoms with E-state index in [0.717, 1.165) is 18.4 Å². The van der Waals surface area contributed by atoms with Crippen LogP contribution in [0.2, 0.25) is 0 Å². The second-order valence-electron chi connectivity index (χ2n) is 6.32. The van der Waals surface area contributed by atoms with Gasteiger partial charge < -0.3 is 11.1 Å². The molecule has 0 aromatic rings. The average molecular weight is 262 g/mol. The van der Waals surface area contributed by atoms with Crippen LogP contribution in [0.25, 0.3) is 0 Å². The summed E-state index contributed by atoms with van der Waals surface area (Å²) in [5, 5.41) is 3.24. The molecular weight excluding hydrogens is 236 g/mol. The van der Waals surface area contributed by atoms with Gasteiger partial charge in [0.2, 0.25) is 0 Å². The van der Waals surface area contributed by atoms with Crippen molar-refractivity contribution < 1.29 is 4.79 Å². The van der Waals surface area contributed by atoms with E-state index in [0.29, 0.717) is 17.9 Å². The number of rotatable bonds is 5. The zero-order chi connectivity index (χ0) is 13.8. The van der Waals surface area contributed by atoms with E-state index in [2.05, 4.69) is 19.2 Å². The van der Waals surface area contributed by atoms with Crippen LogP contribution in [0.3, 0.4) is 0 Å². The van der Waals surface area contributed by atoms with Crippen LogP contribution in [0.4, 0.5) is 0 Å². The van der Waals surface area contributed by atoms with E-state index in [-0.39, 0.29) is 11.9 Å². The summed E-state index contributed by atoms with van der Waals surface area (Å²) in [4.78, 5) is 12.3. The zero-order valence-corrected chi connectivity index (χ0v) is 12.1. The molecule has 1 amide bonds. The molecule has 106 valence electrons. The van der Waals surface area contributed by atoms with E-state index in [1.54, 1.807) is 0 Å². The van der Waals surface area contributed by atoms with Crippen molar-refractivity contribution in [3.63, 3.8) is 0 Å². The molecule has 2 unspecified atom stereocenters. The Morgan fingerprint density at radius 2 is 2.21 bits per heavy atom. The third-order valence-corrected chi connectivity index (χ3v) is 4.16. The maximum atomic E-state index is 12.3. The molecule has 0 spiro atoms. The fraction of sp³-hybridized carbons (Fsp3) is 0.688. The van der Waals surface area contributed by atoms with Gasteiger partial charge >= 0.3 is 0 Å². The largest absolute Gasteiger partial charge is 0.349 e. The number of hydrogen-bond acceptors (Lipinski definition) is 2. The molecule has 1 saturated carbocycles. The lowest BCUT2D eigenvalue weighted by atomic mass is 9.77. The molecule has 0 saturated heterocycles. The molecule has 3 nitrogen and oxygen atoms in total. The van der Waals surface area contributed by atoms with Crippen LogP contribution in [-0.4, -0.2) is 18.0 Å². The predicted octanol–water partition coefficient (Wildman–Crippen LogP) is 2.53. The van der Waals surface area contributed by atoms with Crippen molar-refractivity contribution in [1.82, 2.24) is 5.32 Å². The number of nitrogens with two attached hydrogens (primary N) is 1. The first-order chi connectivity index (χ1) is 9.06. The Balaban J connectivity index is 1.93. The smallest absolute Gasteiger partial charge is 0.251 e. The summed E-state index contributed by atoms with van der Waals surface area (Å²) in [6, 6.07) is 0.404. The molecule has 0 radical (unpaired) electrons. The Hall–Kier alpha value is -1.09. The third-order valence-electron chi connectivity index (χ3n) is 4.16. The second kappa shape index (κ2) is 6.38. The monoisotopic (exact) mass is 262 g/mol. The van der Waals surface area contributed by atoms with Gasteiger partial charge in [0.1, 0.15) is 0 Å². The van der Waals surface area contributed by atoms with Crippen LogP contribution in [-0.2, 0) is 4.79 Å². The molecule has 0 aliphatic heterocycles. The van der Waals surface area contributed by atoms with Crippen LogP contribution >= 0.6 is 0 Å². The number of nitrogens with one attached hydrogen (secondary N) is 1. The van der Waals surface area contributed by atoms with E-state index in [9.17, 15) is 4.79 Å². The highest BCUT2D eigenvalue weighted by Crippen LogP contribution is 2.32. The van der Waals surface area contributed by atoms with Crippen molar-refractivity contribution in [2.24, 2.45) is 17.6 Å². The fourth-order valence-corrected chi connectivity index (χ4v) is 2.78. The topological polar surface area (TPSA) is 55.1 Å². The maximum absolute atomic E-state index is 12.3. The minimum Gasteiger partial charge on any atom is -0.349 e. The summed E-state index contributed by atoms with van der Waals surface area (Å²) >= 11 is 0. The SMILES string of the molecule is CC(C)CC(NC(=O)C1=CCC(N)C=C1)C1CCC1. The Labute approximate surface area is 116 Å². The molecule has 3 N–H and O–H groups in total. The minimum atomic E-state index is 0.0645. The van der Waals surface area contributed by atoms with Gasteiger partial charge in [-0.15, -0.1) is 0 Å². The van der Waals surface area contributed by atoms with Gasteiger partial charge in [0, 0.05) is 17.7 Å². The lowest BCUT2D eigenvalue weighted by molar-refractivity contribution is -0.118. The first kappa shape index (κ1) is 14.3. The number of carbonyl (C=O) groups is 1. The van der Waals surface area contributed by atoms with Crippen molar-refractivity contribution in [1.29, 1.82) is 0 Å². The summed E-state index contributed by atoms with van der Waals surface area (Å²) in [6.45, 7) is 4.44. The Kier molecular flexibility index (Phi) is 4.81. The van der Waals surface area contributed by atoms with Gasteiger partial charge in [0.15, 0.2) is 0 Å². The van der Waals surface area contributed by atoms with Gasteiger partial charge in [-0.3, -0.25) is 4.79 Å². The Morgan fingerprint density at radius 1 is 1.47 bits per heavy atom. The molecule has 3 heteroatoms. The maximum Gasteiger partial charge on any atom is 0.251 e. The van der Waals surface area contributed by atoms with Crippen LogP contribution in [0.5, 0.6) is 0 Å². The lowest BCUT2D eigenvalue weighted by Crippen LogP contribution is -2.44. The van der Waals surface area contributed by atoms with Crippen LogP contribution in [0.15, 0.2) is 23.8 Å². The van der Waals surface area contributed by atoms with E-state index in [1.807, 2.05) is 18.2 Å². The average Bonchev–Trinajstić information content (AvgIpc) is 2.26. The highest BCUT2D eigenvalue weighted by molar-refractivity contribution is 5.96. The van der Waals surface area contributed by atoms with Crippen LogP contribution in [0, 0.1) is 11.8 Å². The summed E-state index contributed by atoms with van der Waals surface area (Å²) in [5.74, 6) is 1.37. The fourth-order valence-electron chi connectivity index (χ4n) is 2.78. The van der Waals surface area contributed by atoms with Crippen LogP contribution < -0.4 is 11.1 Å². The van der Waals surface area contributed by atoms with Gasteiger partial charge in [0.25, 0.3) is 5.91 Å². The zero-order valence-electron chi connectivity index (χ0n) is 12.1. The molecule has 0 aromatic heterocycles. The highest BCUT2D eigenvalue weighted by atomic mass is 16.1. The Morgan fingerprint density at radius 3 is 2.68 bits per heavy atom. The molecule has 2 aliphatic carbocycles. The molecule has 0 aromatic carbocycles. The minimum absolute atomic E-state index is 0.0645. The van der Waals surface area contributed by atoms with Crippen molar-refractivity contribution in [3.05, 3.63) is 23.8 Å². The van der Waals surface area contributed by atoms with Gasteiger partial charge in [-0.25, -0.2) is 0 Å². The number of hydrogen-bond donors (Lipinski definition) is 2. The lowest BCUT2D eigenvalue weighted by Gasteiger charge is -2.35. The van der Waals surface area contributed by atoms with Gasteiger partial charge in [-0.05, 0) is 37.5 Å². The predicted molar refractivity (Wildman–Crippen MR) is 78.5 cm³/mol. The first-order valence-electron chi connectivity index (χ1n) is 7.51. The van der Waals surface area contributed by atoms with Gasteiger partial charge in [-0.2, -0.15) is 0 Å². The standard InChI is InChI=1S/C16H26N2O/c1-11(2)10-15(12-4-3-5-12)18-16(19)13-6-8-14(17)9-7-13/h6-8,11-12,14-15H,3-5,9-10,17H2,1-2H3,(H,18,19). The molecule has 0 heterocycles. The molecule has 2 rings (SSSR count). The highest BCUT2D eigenvalue weighted by Gasteiger charge is 2.29. The molecule has 2 aliphatic rings. The number of carbonyl (C=O) groups excluding carboxylic acids is 1. The summed E-state index contributed by atoms with van der Waals surface area (Å²) in [5.41, 5.74) is 6.55. The number of amides is 1. The Bertz CT molecular complexity index is 380. The molecule has 19 heavy (non-hydrogen) atoms. The second-order valence-corrected chi connectivity index (χ2v) is 6.32. The van der Waals surface area contributed by atoms with Gasteiger partial charge in [-0.1, -0.05) is 38.5 Å². The summed E-state index contributed by atoms with van der Waals surface area (Å²) < 4.78 is 0. The molecule has 0 bridgehead atoms. The summed E-state index contributed by atoms with van der Waals surface area (Å²) in [6.07, 6.45) is 11.4. The third kappa shape index (κ3) is 3.93. The van der Waals surface area contributed by atoms with Crippen molar-refractivity contribution in [2.75, 3.05) is 0 Å².